The largest absolute Gasteiger partial charge is 0.329 e. The molecule has 1 atom stereocenters. The van der Waals surface area contributed by atoms with Gasteiger partial charge in [0.2, 0.25) is 20.0 Å². The van der Waals surface area contributed by atoms with Crippen molar-refractivity contribution in [3.63, 3.8) is 0 Å². The Morgan fingerprint density at radius 3 is 2.29 bits per heavy atom. The number of nitrogens with zero attached hydrogens (tertiary/aromatic N) is 1. The number of sulfonamides is 2. The maximum atomic E-state index is 12.6. The molecule has 1 aliphatic rings. The molecule has 1 fully saturated rings. The van der Waals surface area contributed by atoms with E-state index < -0.39 is 20.0 Å². The number of rotatable bonds is 7. The lowest BCUT2D eigenvalue weighted by molar-refractivity contribution is 0.405. The van der Waals surface area contributed by atoms with Crippen molar-refractivity contribution in [3.05, 3.63) is 24.3 Å². The Kier molecular flexibility index (Phi) is 6.03. The minimum Gasteiger partial charge on any atom is -0.329 e. The molecule has 2 rings (SSSR count). The number of benzene rings is 1. The zero-order valence-corrected chi connectivity index (χ0v) is 15.6. The van der Waals surface area contributed by atoms with Crippen LogP contribution in [0.3, 0.4) is 0 Å². The second kappa shape index (κ2) is 7.49. The van der Waals surface area contributed by atoms with Crippen molar-refractivity contribution in [2.24, 2.45) is 11.7 Å². The van der Waals surface area contributed by atoms with Gasteiger partial charge in [0, 0.05) is 26.7 Å². The normalized spacial score (nSPS) is 18.2. The monoisotopic (exact) mass is 375 g/mol. The van der Waals surface area contributed by atoms with Gasteiger partial charge in [-0.15, -0.1) is 0 Å². The van der Waals surface area contributed by atoms with E-state index in [1.807, 2.05) is 0 Å². The molecular weight excluding hydrogens is 350 g/mol. The first-order valence-corrected chi connectivity index (χ1v) is 10.9. The summed E-state index contributed by atoms with van der Waals surface area (Å²) in [6.07, 6.45) is 4.08. The summed E-state index contributed by atoms with van der Waals surface area (Å²) >= 11 is 0. The Balaban J connectivity index is 2.29. The van der Waals surface area contributed by atoms with Crippen LogP contribution in [0.15, 0.2) is 34.1 Å². The van der Waals surface area contributed by atoms with Gasteiger partial charge >= 0.3 is 0 Å². The standard InChI is InChI=1S/C15H25N3O4S2/c1-18(2)24(21,22)14-9-5-8-13(10-14)23(19,20)17-15(11-16)12-6-3-4-7-12/h5,8-10,12,15,17H,3-4,6-7,11,16H2,1-2H3. The molecule has 0 aliphatic heterocycles. The highest BCUT2D eigenvalue weighted by Crippen LogP contribution is 2.28. The van der Waals surface area contributed by atoms with Crippen LogP contribution in [0, 0.1) is 5.92 Å². The molecule has 9 heteroatoms. The van der Waals surface area contributed by atoms with Gasteiger partial charge in [0.25, 0.3) is 0 Å². The molecule has 7 nitrogen and oxygen atoms in total. The van der Waals surface area contributed by atoms with E-state index in [4.69, 9.17) is 5.73 Å². The lowest BCUT2D eigenvalue weighted by Crippen LogP contribution is -2.44. The second-order valence-electron chi connectivity index (χ2n) is 6.27. The van der Waals surface area contributed by atoms with E-state index >= 15 is 0 Å². The highest BCUT2D eigenvalue weighted by atomic mass is 32.2. The van der Waals surface area contributed by atoms with Gasteiger partial charge in [-0.05, 0) is 37.0 Å². The summed E-state index contributed by atoms with van der Waals surface area (Å²) in [7, 11) is -4.72. The van der Waals surface area contributed by atoms with Gasteiger partial charge in [0.1, 0.15) is 0 Å². The van der Waals surface area contributed by atoms with Gasteiger partial charge in [-0.2, -0.15) is 0 Å². The van der Waals surface area contributed by atoms with Crippen LogP contribution >= 0.6 is 0 Å². The Morgan fingerprint density at radius 1 is 1.17 bits per heavy atom. The van der Waals surface area contributed by atoms with Crippen molar-refractivity contribution < 1.29 is 16.8 Å². The third-order valence-electron chi connectivity index (χ3n) is 4.42. The van der Waals surface area contributed by atoms with E-state index in [0.29, 0.717) is 0 Å². The van der Waals surface area contributed by atoms with E-state index in [-0.39, 0.29) is 28.3 Å². The van der Waals surface area contributed by atoms with Crippen molar-refractivity contribution in [2.45, 2.75) is 41.5 Å². The van der Waals surface area contributed by atoms with Crippen molar-refractivity contribution in [1.82, 2.24) is 9.03 Å². The summed E-state index contributed by atoms with van der Waals surface area (Å²) in [5.41, 5.74) is 5.75. The van der Waals surface area contributed by atoms with E-state index in [0.717, 1.165) is 30.0 Å². The van der Waals surface area contributed by atoms with E-state index in [2.05, 4.69) is 4.72 Å². The molecular formula is C15H25N3O4S2. The van der Waals surface area contributed by atoms with Crippen LogP contribution in [0.1, 0.15) is 25.7 Å². The zero-order chi connectivity index (χ0) is 18.0. The molecule has 1 saturated carbocycles. The SMILES string of the molecule is CN(C)S(=O)(=O)c1cccc(S(=O)(=O)NC(CN)C2CCCC2)c1. The average molecular weight is 376 g/mol. The zero-order valence-electron chi connectivity index (χ0n) is 14.0. The fourth-order valence-electron chi connectivity index (χ4n) is 2.98. The maximum Gasteiger partial charge on any atom is 0.242 e. The highest BCUT2D eigenvalue weighted by molar-refractivity contribution is 7.90. The summed E-state index contributed by atoms with van der Waals surface area (Å²) in [6.45, 7) is 0.222. The lowest BCUT2D eigenvalue weighted by atomic mass is 9.99. The molecule has 1 aliphatic carbocycles. The van der Waals surface area contributed by atoms with Crippen LogP contribution in [0.25, 0.3) is 0 Å². The van der Waals surface area contributed by atoms with Crippen molar-refractivity contribution in [3.8, 4) is 0 Å². The third-order valence-corrected chi connectivity index (χ3v) is 7.72. The van der Waals surface area contributed by atoms with Crippen molar-refractivity contribution in [2.75, 3.05) is 20.6 Å². The van der Waals surface area contributed by atoms with Crippen LogP contribution in [0.2, 0.25) is 0 Å². The molecule has 3 N–H and O–H groups in total. The summed E-state index contributed by atoms with van der Waals surface area (Å²) in [4.78, 5) is -0.123. The minimum atomic E-state index is -3.83. The topological polar surface area (TPSA) is 110 Å². The number of hydrogen-bond acceptors (Lipinski definition) is 5. The highest BCUT2D eigenvalue weighted by Gasteiger charge is 2.29. The van der Waals surface area contributed by atoms with Gasteiger partial charge < -0.3 is 5.73 Å². The van der Waals surface area contributed by atoms with Gasteiger partial charge in [-0.25, -0.2) is 25.9 Å². The number of nitrogens with one attached hydrogen (secondary N) is 1. The Bertz CT molecular complexity index is 770. The van der Waals surface area contributed by atoms with Crippen LogP contribution in [-0.2, 0) is 20.0 Å². The van der Waals surface area contributed by atoms with E-state index in [9.17, 15) is 16.8 Å². The number of nitrogens with two attached hydrogens (primary N) is 1. The van der Waals surface area contributed by atoms with Crippen molar-refractivity contribution >= 4 is 20.0 Å². The van der Waals surface area contributed by atoms with Gasteiger partial charge in [0.05, 0.1) is 9.79 Å². The van der Waals surface area contributed by atoms with Crippen molar-refractivity contribution in [1.29, 1.82) is 0 Å². The molecule has 0 radical (unpaired) electrons. The first-order chi connectivity index (χ1) is 11.2. The fourth-order valence-corrected chi connectivity index (χ4v) is 5.36. The lowest BCUT2D eigenvalue weighted by Gasteiger charge is -2.23. The molecule has 1 aromatic carbocycles. The summed E-state index contributed by atoms with van der Waals surface area (Å²) in [5, 5.41) is 0. The predicted molar refractivity (Wildman–Crippen MR) is 92.4 cm³/mol. The summed E-state index contributed by atoms with van der Waals surface area (Å²) in [5.74, 6) is 0.235. The molecule has 1 unspecified atom stereocenters. The molecule has 1 aromatic rings. The van der Waals surface area contributed by atoms with Crippen LogP contribution in [0.5, 0.6) is 0 Å². The minimum absolute atomic E-state index is 0.0551. The first-order valence-electron chi connectivity index (χ1n) is 7.93. The quantitative estimate of drug-likeness (QED) is 0.730. The Morgan fingerprint density at radius 2 is 1.75 bits per heavy atom. The predicted octanol–water partition coefficient (Wildman–Crippen LogP) is 0.733. The Hall–Kier alpha value is -1.00. The first kappa shape index (κ1) is 19.3. The van der Waals surface area contributed by atoms with Crippen LogP contribution in [-0.4, -0.2) is 47.8 Å². The third kappa shape index (κ3) is 4.15. The summed E-state index contributed by atoms with van der Waals surface area (Å²) in [6, 6.07) is 5.05. The van der Waals surface area contributed by atoms with Gasteiger partial charge in [0.15, 0.2) is 0 Å². The molecule has 0 heterocycles. The second-order valence-corrected chi connectivity index (χ2v) is 10.1. The molecule has 0 spiro atoms. The molecule has 0 amide bonds. The molecule has 0 aromatic heterocycles. The number of hydrogen-bond donors (Lipinski definition) is 2. The average Bonchev–Trinajstić information content (AvgIpc) is 3.07. The van der Waals surface area contributed by atoms with Crippen LogP contribution in [0.4, 0.5) is 0 Å². The molecule has 0 saturated heterocycles. The van der Waals surface area contributed by atoms with E-state index in [1.54, 1.807) is 0 Å². The maximum absolute atomic E-state index is 12.6. The summed E-state index contributed by atoms with van der Waals surface area (Å²) < 4.78 is 53.3. The smallest absolute Gasteiger partial charge is 0.242 e. The molecule has 24 heavy (non-hydrogen) atoms. The molecule has 0 bridgehead atoms. The fraction of sp³-hybridized carbons (Fsp3) is 0.600. The van der Waals surface area contributed by atoms with Crippen LogP contribution < -0.4 is 10.5 Å². The Labute approximate surface area is 144 Å². The van der Waals surface area contributed by atoms with Gasteiger partial charge in [-0.3, -0.25) is 0 Å². The van der Waals surface area contributed by atoms with E-state index in [1.165, 1.54) is 38.4 Å². The van der Waals surface area contributed by atoms with Gasteiger partial charge in [-0.1, -0.05) is 18.9 Å². The molecule has 136 valence electrons.